The molecule has 1 fully saturated rings. The van der Waals surface area contributed by atoms with Crippen LogP contribution in [0.1, 0.15) is 32.6 Å². The van der Waals surface area contributed by atoms with E-state index >= 15 is 0 Å². The first kappa shape index (κ1) is 12.5. The van der Waals surface area contributed by atoms with Crippen molar-refractivity contribution >= 4 is 5.97 Å². The Labute approximate surface area is 91.0 Å². The molecule has 0 amide bonds. The largest absolute Gasteiger partial charge is 0.480 e. The molecule has 88 valence electrons. The second-order valence-electron chi connectivity index (χ2n) is 4.15. The molecule has 0 saturated carbocycles. The van der Waals surface area contributed by atoms with Crippen molar-refractivity contribution in [2.45, 2.75) is 38.6 Å². The first-order valence-corrected chi connectivity index (χ1v) is 5.78. The number of carboxylic acid groups (broad SMARTS) is 1. The highest BCUT2D eigenvalue weighted by Gasteiger charge is 2.18. The average Bonchev–Trinajstić information content (AvgIpc) is 2.69. The molecule has 0 radical (unpaired) electrons. The summed E-state index contributed by atoms with van der Waals surface area (Å²) in [5, 5.41) is 12.0. The minimum absolute atomic E-state index is 0.377. The smallest absolute Gasteiger partial charge is 0.320 e. The molecule has 0 bridgehead atoms. The van der Waals surface area contributed by atoms with Gasteiger partial charge in [-0.1, -0.05) is 13.3 Å². The van der Waals surface area contributed by atoms with Gasteiger partial charge in [0.25, 0.3) is 0 Å². The van der Waals surface area contributed by atoms with E-state index in [4.69, 9.17) is 9.84 Å². The summed E-state index contributed by atoms with van der Waals surface area (Å²) in [6, 6.07) is -0.377. The van der Waals surface area contributed by atoms with Crippen LogP contribution in [0.15, 0.2) is 0 Å². The van der Waals surface area contributed by atoms with Gasteiger partial charge in [-0.25, -0.2) is 0 Å². The number of aliphatic carboxylic acids is 1. The normalized spacial score (nSPS) is 22.9. The van der Waals surface area contributed by atoms with Crippen molar-refractivity contribution in [1.82, 2.24) is 5.32 Å². The number of hydrogen-bond acceptors (Lipinski definition) is 3. The molecule has 1 saturated heterocycles. The van der Waals surface area contributed by atoms with Crippen molar-refractivity contribution in [1.29, 1.82) is 0 Å². The third-order valence-corrected chi connectivity index (χ3v) is 2.84. The van der Waals surface area contributed by atoms with Crippen LogP contribution in [-0.4, -0.2) is 36.9 Å². The molecule has 0 spiro atoms. The summed E-state index contributed by atoms with van der Waals surface area (Å²) in [5.74, 6) is -0.118. The van der Waals surface area contributed by atoms with E-state index in [1.807, 2.05) is 6.92 Å². The van der Waals surface area contributed by atoms with Crippen molar-refractivity contribution in [2.24, 2.45) is 5.92 Å². The molecule has 0 aromatic heterocycles. The van der Waals surface area contributed by atoms with Gasteiger partial charge < -0.3 is 15.2 Å². The molecule has 4 heteroatoms. The van der Waals surface area contributed by atoms with Gasteiger partial charge in [-0.3, -0.25) is 4.79 Å². The van der Waals surface area contributed by atoms with Crippen LogP contribution in [-0.2, 0) is 9.53 Å². The van der Waals surface area contributed by atoms with Crippen LogP contribution in [0.4, 0.5) is 0 Å². The lowest BCUT2D eigenvalue weighted by molar-refractivity contribution is -0.139. The minimum atomic E-state index is -0.737. The lowest BCUT2D eigenvalue weighted by Crippen LogP contribution is -2.37. The Morgan fingerprint density at radius 3 is 3.00 bits per heavy atom. The summed E-state index contributed by atoms with van der Waals surface area (Å²) in [6.07, 6.45) is 3.74. The van der Waals surface area contributed by atoms with Crippen LogP contribution in [0.2, 0.25) is 0 Å². The van der Waals surface area contributed by atoms with Crippen LogP contribution >= 0.6 is 0 Å². The van der Waals surface area contributed by atoms with E-state index in [2.05, 4.69) is 5.32 Å². The molecule has 1 rings (SSSR count). The van der Waals surface area contributed by atoms with Crippen molar-refractivity contribution in [3.05, 3.63) is 0 Å². The van der Waals surface area contributed by atoms with E-state index in [-0.39, 0.29) is 6.04 Å². The number of nitrogens with one attached hydrogen (secondary N) is 1. The van der Waals surface area contributed by atoms with Gasteiger partial charge in [0.1, 0.15) is 6.04 Å². The molecule has 1 heterocycles. The van der Waals surface area contributed by atoms with E-state index in [0.29, 0.717) is 12.3 Å². The van der Waals surface area contributed by atoms with Gasteiger partial charge >= 0.3 is 5.97 Å². The van der Waals surface area contributed by atoms with E-state index < -0.39 is 5.97 Å². The van der Waals surface area contributed by atoms with Gasteiger partial charge in [-0.2, -0.15) is 0 Å². The maximum absolute atomic E-state index is 10.8. The number of hydrogen-bond donors (Lipinski definition) is 2. The van der Waals surface area contributed by atoms with Crippen LogP contribution < -0.4 is 5.32 Å². The third kappa shape index (κ3) is 4.62. The number of rotatable bonds is 7. The van der Waals surface area contributed by atoms with Gasteiger partial charge in [0, 0.05) is 13.2 Å². The Morgan fingerprint density at radius 1 is 1.67 bits per heavy atom. The molecule has 0 aromatic rings. The van der Waals surface area contributed by atoms with E-state index in [0.717, 1.165) is 39.0 Å². The second kappa shape index (κ2) is 6.80. The maximum atomic E-state index is 10.8. The SMILES string of the molecule is CCCC(NCCC1CCOC1)C(=O)O. The van der Waals surface area contributed by atoms with E-state index in [1.54, 1.807) is 0 Å². The summed E-state index contributed by atoms with van der Waals surface area (Å²) in [5.41, 5.74) is 0. The first-order chi connectivity index (χ1) is 7.24. The summed E-state index contributed by atoms with van der Waals surface area (Å²) in [6.45, 7) is 4.49. The number of carbonyl (C=O) groups is 1. The zero-order valence-corrected chi connectivity index (χ0v) is 9.37. The first-order valence-electron chi connectivity index (χ1n) is 5.78. The molecule has 1 aliphatic rings. The molecule has 0 aliphatic carbocycles. The van der Waals surface area contributed by atoms with Crippen LogP contribution in [0, 0.1) is 5.92 Å². The summed E-state index contributed by atoms with van der Waals surface area (Å²) in [7, 11) is 0. The second-order valence-corrected chi connectivity index (χ2v) is 4.15. The number of ether oxygens (including phenoxy) is 1. The minimum Gasteiger partial charge on any atom is -0.480 e. The maximum Gasteiger partial charge on any atom is 0.320 e. The van der Waals surface area contributed by atoms with Crippen LogP contribution in [0.5, 0.6) is 0 Å². The predicted octanol–water partition coefficient (Wildman–Crippen LogP) is 1.26. The molecule has 1 aliphatic heterocycles. The lowest BCUT2D eigenvalue weighted by Gasteiger charge is -2.14. The monoisotopic (exact) mass is 215 g/mol. The molecule has 2 unspecified atom stereocenters. The highest BCUT2D eigenvalue weighted by atomic mass is 16.5. The number of carboxylic acids is 1. The van der Waals surface area contributed by atoms with Gasteiger partial charge in [-0.15, -0.1) is 0 Å². The molecule has 2 atom stereocenters. The van der Waals surface area contributed by atoms with Gasteiger partial charge in [0.05, 0.1) is 0 Å². The molecule has 0 aromatic carbocycles. The summed E-state index contributed by atoms with van der Waals surface area (Å²) < 4.78 is 5.27. The van der Waals surface area contributed by atoms with Gasteiger partial charge in [0.15, 0.2) is 0 Å². The molecular weight excluding hydrogens is 194 g/mol. The standard InChI is InChI=1S/C11H21NO3/c1-2-3-10(11(13)14)12-6-4-9-5-7-15-8-9/h9-10,12H,2-8H2,1H3,(H,13,14). The third-order valence-electron chi connectivity index (χ3n) is 2.84. The fraction of sp³-hybridized carbons (Fsp3) is 0.909. The summed E-state index contributed by atoms with van der Waals surface area (Å²) >= 11 is 0. The van der Waals surface area contributed by atoms with Gasteiger partial charge in [-0.05, 0) is 31.7 Å². The molecule has 15 heavy (non-hydrogen) atoms. The summed E-state index contributed by atoms with van der Waals surface area (Å²) in [4.78, 5) is 10.8. The highest BCUT2D eigenvalue weighted by Crippen LogP contribution is 2.15. The van der Waals surface area contributed by atoms with Crippen molar-refractivity contribution in [3.8, 4) is 0 Å². The Morgan fingerprint density at radius 2 is 2.47 bits per heavy atom. The lowest BCUT2D eigenvalue weighted by atomic mass is 10.0. The van der Waals surface area contributed by atoms with Crippen LogP contribution in [0.25, 0.3) is 0 Å². The predicted molar refractivity (Wildman–Crippen MR) is 57.9 cm³/mol. The van der Waals surface area contributed by atoms with Crippen molar-refractivity contribution in [3.63, 3.8) is 0 Å². The van der Waals surface area contributed by atoms with Gasteiger partial charge in [0.2, 0.25) is 0 Å². The quantitative estimate of drug-likeness (QED) is 0.671. The van der Waals surface area contributed by atoms with Crippen LogP contribution in [0.3, 0.4) is 0 Å². The Kier molecular flexibility index (Phi) is 5.65. The van der Waals surface area contributed by atoms with E-state index in [1.165, 1.54) is 0 Å². The molecule has 4 nitrogen and oxygen atoms in total. The zero-order valence-electron chi connectivity index (χ0n) is 9.37. The Hall–Kier alpha value is -0.610. The highest BCUT2D eigenvalue weighted by molar-refractivity contribution is 5.73. The average molecular weight is 215 g/mol. The Bertz CT molecular complexity index is 190. The zero-order chi connectivity index (χ0) is 11.1. The fourth-order valence-corrected chi connectivity index (χ4v) is 1.87. The fourth-order valence-electron chi connectivity index (χ4n) is 1.87. The topological polar surface area (TPSA) is 58.6 Å². The van der Waals surface area contributed by atoms with E-state index in [9.17, 15) is 4.79 Å². The van der Waals surface area contributed by atoms with Crippen molar-refractivity contribution < 1.29 is 14.6 Å². The Balaban J connectivity index is 2.12. The van der Waals surface area contributed by atoms with Crippen molar-refractivity contribution in [2.75, 3.05) is 19.8 Å². The molecule has 2 N–H and O–H groups in total. The molecular formula is C11H21NO3.